The summed E-state index contributed by atoms with van der Waals surface area (Å²) < 4.78 is 2.81. The molecule has 5 aromatic rings. The number of hydrogen-bond donors (Lipinski definition) is 2. The Labute approximate surface area is 181 Å². The average Bonchev–Trinajstić information content (AvgIpc) is 3.46. The van der Waals surface area contributed by atoms with Gasteiger partial charge in [-0.15, -0.1) is 11.3 Å². The molecule has 0 fully saturated rings. The molecule has 8 nitrogen and oxygen atoms in total. The fourth-order valence-corrected chi connectivity index (χ4v) is 3.84. The van der Waals surface area contributed by atoms with E-state index in [1.807, 2.05) is 60.2 Å². The predicted molar refractivity (Wildman–Crippen MR) is 121 cm³/mol. The van der Waals surface area contributed by atoms with Gasteiger partial charge < -0.3 is 10.6 Å². The van der Waals surface area contributed by atoms with E-state index in [0.717, 1.165) is 21.7 Å². The predicted octanol–water partition coefficient (Wildman–Crippen LogP) is 4.58. The molecule has 1 amide bonds. The Morgan fingerprint density at radius 1 is 1.03 bits per heavy atom. The number of anilines is 3. The zero-order chi connectivity index (χ0) is 21.2. The average molecular weight is 427 g/mol. The highest BCUT2D eigenvalue weighted by Gasteiger charge is 2.09. The third kappa shape index (κ3) is 4.12. The molecule has 3 aromatic heterocycles. The van der Waals surface area contributed by atoms with Crippen molar-refractivity contribution in [3.8, 4) is 5.82 Å². The number of fused-ring (bicyclic) bond motifs is 1. The number of imidazole rings is 1. The molecule has 0 bridgehead atoms. The highest BCUT2D eigenvalue weighted by atomic mass is 32.1. The van der Waals surface area contributed by atoms with E-state index in [9.17, 15) is 4.79 Å². The summed E-state index contributed by atoms with van der Waals surface area (Å²) in [5.41, 5.74) is 4.82. The Hall–Kier alpha value is -4.11. The van der Waals surface area contributed by atoms with Crippen LogP contribution in [0.3, 0.4) is 0 Å². The molecule has 0 aliphatic heterocycles. The molecule has 0 aliphatic carbocycles. The topological polar surface area (TPSA) is 97.6 Å². The summed E-state index contributed by atoms with van der Waals surface area (Å²) >= 11 is 1.51. The number of aromatic nitrogens is 5. The van der Waals surface area contributed by atoms with E-state index in [1.165, 1.54) is 11.3 Å². The lowest BCUT2D eigenvalue weighted by Gasteiger charge is -2.10. The number of rotatable bonds is 5. The quantitative estimate of drug-likeness (QED) is 0.426. The molecule has 9 heteroatoms. The number of thiazole rings is 1. The maximum atomic E-state index is 12.6. The van der Waals surface area contributed by atoms with Crippen LogP contribution in [0.5, 0.6) is 0 Å². The molecule has 0 saturated carbocycles. The van der Waals surface area contributed by atoms with Crippen LogP contribution in [0.15, 0.2) is 72.8 Å². The Morgan fingerprint density at radius 2 is 1.87 bits per heavy atom. The van der Waals surface area contributed by atoms with Crippen LogP contribution in [0, 0.1) is 6.92 Å². The molecule has 0 atom stereocenters. The first-order chi connectivity index (χ1) is 15.1. The van der Waals surface area contributed by atoms with Gasteiger partial charge in [-0.3, -0.25) is 9.36 Å². The molecule has 3 heterocycles. The van der Waals surface area contributed by atoms with Gasteiger partial charge in [0.1, 0.15) is 23.8 Å². The van der Waals surface area contributed by atoms with Crippen molar-refractivity contribution in [3.63, 3.8) is 0 Å². The smallest absolute Gasteiger partial charge is 0.255 e. The lowest BCUT2D eigenvalue weighted by atomic mass is 10.2. The number of nitrogens with one attached hydrogen (secondary N) is 2. The molecular formula is C22H17N7OS. The molecule has 0 saturated heterocycles. The number of carbonyl (C=O) groups is 1. The summed E-state index contributed by atoms with van der Waals surface area (Å²) in [5.74, 6) is 1.89. The van der Waals surface area contributed by atoms with Gasteiger partial charge in [-0.2, -0.15) is 0 Å². The van der Waals surface area contributed by atoms with E-state index >= 15 is 0 Å². The van der Waals surface area contributed by atoms with Crippen LogP contribution < -0.4 is 10.6 Å². The van der Waals surface area contributed by atoms with Crippen LogP contribution in [0.1, 0.15) is 16.2 Å². The van der Waals surface area contributed by atoms with Crippen molar-refractivity contribution < 1.29 is 4.79 Å². The summed E-state index contributed by atoms with van der Waals surface area (Å²) in [6.45, 7) is 1.84. The summed E-state index contributed by atoms with van der Waals surface area (Å²) in [7, 11) is 0. The van der Waals surface area contributed by atoms with E-state index in [2.05, 4.69) is 30.6 Å². The number of nitrogens with zero attached hydrogens (tertiary/aromatic N) is 5. The lowest BCUT2D eigenvalue weighted by Crippen LogP contribution is -2.11. The standard InChI is InChI=1S/C22H17N7OS/c1-14-25-20(11-21(26-14)29-9-8-23-12-29)27-16-3-5-17(6-4-16)28-22(30)15-2-7-18-19(10-15)31-13-24-18/h2-13H,1H3,(H,28,30)(H,25,26,27). The zero-order valence-corrected chi connectivity index (χ0v) is 17.3. The van der Waals surface area contributed by atoms with Crippen LogP contribution in [0.2, 0.25) is 0 Å². The minimum absolute atomic E-state index is 0.160. The number of aryl methyl sites for hydroxylation is 1. The van der Waals surface area contributed by atoms with Crippen LogP contribution in [-0.2, 0) is 0 Å². The zero-order valence-electron chi connectivity index (χ0n) is 16.5. The molecule has 0 aliphatic rings. The lowest BCUT2D eigenvalue weighted by molar-refractivity contribution is 0.102. The second kappa shape index (κ2) is 7.96. The summed E-state index contributed by atoms with van der Waals surface area (Å²) in [5, 5.41) is 6.20. The number of hydrogen-bond acceptors (Lipinski definition) is 7. The monoisotopic (exact) mass is 427 g/mol. The first-order valence-electron chi connectivity index (χ1n) is 9.50. The van der Waals surface area contributed by atoms with Gasteiger partial charge in [-0.05, 0) is 49.4 Å². The third-order valence-electron chi connectivity index (χ3n) is 4.60. The highest BCUT2D eigenvalue weighted by Crippen LogP contribution is 2.22. The Morgan fingerprint density at radius 3 is 2.68 bits per heavy atom. The van der Waals surface area contributed by atoms with Gasteiger partial charge in [-0.1, -0.05) is 0 Å². The second-order valence-electron chi connectivity index (χ2n) is 6.82. The van der Waals surface area contributed by atoms with Crippen molar-refractivity contribution in [2.45, 2.75) is 6.92 Å². The summed E-state index contributed by atoms with van der Waals surface area (Å²) in [6, 6.07) is 14.8. The maximum Gasteiger partial charge on any atom is 0.255 e. The van der Waals surface area contributed by atoms with Gasteiger partial charge in [0.2, 0.25) is 0 Å². The minimum Gasteiger partial charge on any atom is -0.340 e. The molecule has 5 rings (SSSR count). The first-order valence-corrected chi connectivity index (χ1v) is 10.4. The van der Waals surface area contributed by atoms with Gasteiger partial charge in [0, 0.05) is 35.4 Å². The Bertz CT molecular complexity index is 1360. The van der Waals surface area contributed by atoms with E-state index < -0.39 is 0 Å². The van der Waals surface area contributed by atoms with Crippen LogP contribution in [-0.4, -0.2) is 30.4 Å². The van der Waals surface area contributed by atoms with Crippen molar-refractivity contribution in [1.82, 2.24) is 24.5 Å². The molecule has 0 spiro atoms. The first kappa shape index (κ1) is 18.9. The molecule has 0 unspecified atom stereocenters. The van der Waals surface area contributed by atoms with Gasteiger partial charge in [0.25, 0.3) is 5.91 Å². The number of carbonyl (C=O) groups excluding carboxylic acids is 1. The molecule has 31 heavy (non-hydrogen) atoms. The molecule has 0 radical (unpaired) electrons. The minimum atomic E-state index is -0.160. The van der Waals surface area contributed by atoms with E-state index in [4.69, 9.17) is 0 Å². The van der Waals surface area contributed by atoms with Crippen molar-refractivity contribution in [2.75, 3.05) is 10.6 Å². The molecule has 152 valence electrons. The van der Waals surface area contributed by atoms with Crippen LogP contribution >= 0.6 is 11.3 Å². The Kier molecular flexibility index (Phi) is 4.85. The summed E-state index contributed by atoms with van der Waals surface area (Å²) in [4.78, 5) is 29.7. The van der Waals surface area contributed by atoms with Crippen molar-refractivity contribution >= 4 is 44.7 Å². The normalized spacial score (nSPS) is 10.9. The second-order valence-corrected chi connectivity index (χ2v) is 7.71. The largest absolute Gasteiger partial charge is 0.340 e. The molecular weight excluding hydrogens is 410 g/mol. The third-order valence-corrected chi connectivity index (χ3v) is 5.39. The molecule has 2 aromatic carbocycles. The van der Waals surface area contributed by atoms with Crippen molar-refractivity contribution in [3.05, 3.63) is 84.2 Å². The summed E-state index contributed by atoms with van der Waals surface area (Å²) in [6.07, 6.45) is 5.22. The van der Waals surface area contributed by atoms with Gasteiger partial charge in [0.15, 0.2) is 0 Å². The van der Waals surface area contributed by atoms with E-state index in [0.29, 0.717) is 22.9 Å². The fraction of sp³-hybridized carbons (Fsp3) is 0.0455. The number of amides is 1. The van der Waals surface area contributed by atoms with Crippen molar-refractivity contribution in [2.24, 2.45) is 0 Å². The fourth-order valence-electron chi connectivity index (χ4n) is 3.13. The van der Waals surface area contributed by atoms with Gasteiger partial charge in [0.05, 0.1) is 15.7 Å². The maximum absolute atomic E-state index is 12.6. The van der Waals surface area contributed by atoms with E-state index in [1.54, 1.807) is 24.1 Å². The van der Waals surface area contributed by atoms with E-state index in [-0.39, 0.29) is 5.91 Å². The van der Waals surface area contributed by atoms with Crippen molar-refractivity contribution in [1.29, 1.82) is 0 Å². The van der Waals surface area contributed by atoms with Gasteiger partial charge in [-0.25, -0.2) is 19.9 Å². The Balaban J connectivity index is 1.29. The SMILES string of the molecule is Cc1nc(Nc2ccc(NC(=O)c3ccc4ncsc4c3)cc2)cc(-n2ccnc2)n1. The highest BCUT2D eigenvalue weighted by molar-refractivity contribution is 7.16. The molecule has 2 N–H and O–H groups in total. The van der Waals surface area contributed by atoms with Crippen LogP contribution in [0.4, 0.5) is 17.2 Å². The number of benzene rings is 2. The van der Waals surface area contributed by atoms with Crippen LogP contribution in [0.25, 0.3) is 16.0 Å². The van der Waals surface area contributed by atoms with Gasteiger partial charge >= 0.3 is 0 Å².